The third-order valence-corrected chi connectivity index (χ3v) is 5.79. The van der Waals surface area contributed by atoms with E-state index < -0.39 is 0 Å². The maximum atomic E-state index is 12.7. The van der Waals surface area contributed by atoms with Crippen LogP contribution < -0.4 is 5.32 Å². The van der Waals surface area contributed by atoms with E-state index in [1.807, 2.05) is 30.3 Å². The first-order chi connectivity index (χ1) is 12.1. The number of carbonyl (C=O) groups excluding carboxylic acids is 2. The number of rotatable bonds is 6. The first kappa shape index (κ1) is 17.5. The van der Waals surface area contributed by atoms with E-state index in [9.17, 15) is 9.59 Å². The number of carbonyl (C=O) groups is 2. The van der Waals surface area contributed by atoms with Gasteiger partial charge in [-0.2, -0.15) is 0 Å². The van der Waals surface area contributed by atoms with Gasteiger partial charge in [0, 0.05) is 26.8 Å². The van der Waals surface area contributed by atoms with Gasteiger partial charge in [0.1, 0.15) is 0 Å². The Kier molecular flexibility index (Phi) is 5.68. The van der Waals surface area contributed by atoms with E-state index in [-0.39, 0.29) is 11.7 Å². The van der Waals surface area contributed by atoms with Crippen LogP contribution >= 0.6 is 23.1 Å². The zero-order valence-electron chi connectivity index (χ0n) is 13.7. The molecule has 3 rings (SSSR count). The minimum absolute atomic E-state index is 0.0250. The number of hydrogen-bond donors (Lipinski definition) is 1. The van der Waals surface area contributed by atoms with Crippen LogP contribution in [-0.2, 0) is 5.75 Å². The molecule has 0 aliphatic heterocycles. The summed E-state index contributed by atoms with van der Waals surface area (Å²) in [6.07, 6.45) is 0. The minimum atomic E-state index is -0.171. The van der Waals surface area contributed by atoms with E-state index in [0.717, 1.165) is 10.6 Å². The van der Waals surface area contributed by atoms with E-state index in [4.69, 9.17) is 0 Å². The number of thioether (sulfide) groups is 1. The van der Waals surface area contributed by atoms with Crippen molar-refractivity contribution in [1.82, 2.24) is 0 Å². The van der Waals surface area contributed by atoms with Gasteiger partial charge in [-0.3, -0.25) is 9.59 Å². The normalized spacial score (nSPS) is 10.4. The lowest BCUT2D eigenvalue weighted by molar-refractivity contribution is 0.101. The average Bonchev–Trinajstić information content (AvgIpc) is 3.14. The summed E-state index contributed by atoms with van der Waals surface area (Å²) in [6, 6.07) is 18.7. The van der Waals surface area contributed by atoms with Gasteiger partial charge in [-0.25, -0.2) is 0 Å². The summed E-state index contributed by atoms with van der Waals surface area (Å²) in [6.45, 7) is 1.51. The Hall–Kier alpha value is -2.37. The van der Waals surface area contributed by atoms with Crippen LogP contribution in [0.5, 0.6) is 0 Å². The number of nitrogens with one attached hydrogen (secondary N) is 1. The van der Waals surface area contributed by atoms with Gasteiger partial charge >= 0.3 is 0 Å². The topological polar surface area (TPSA) is 46.2 Å². The molecular formula is C20H17NO2S2. The maximum absolute atomic E-state index is 12.7. The Balaban J connectivity index is 1.75. The zero-order valence-corrected chi connectivity index (χ0v) is 15.3. The molecule has 25 heavy (non-hydrogen) atoms. The number of thiophene rings is 1. The van der Waals surface area contributed by atoms with Gasteiger partial charge in [0.2, 0.25) is 0 Å². The number of Topliss-reactive ketones (excluding diaryl/α,β-unsaturated/α-hetero) is 1. The second-order valence-corrected chi connectivity index (χ2v) is 7.50. The molecule has 0 spiro atoms. The van der Waals surface area contributed by atoms with Crippen molar-refractivity contribution in [3.63, 3.8) is 0 Å². The second kappa shape index (κ2) is 8.14. The Labute approximate surface area is 155 Å². The molecule has 0 unspecified atom stereocenters. The standard InChI is InChI=1S/C20H17NO2S2/c1-14(22)15-6-4-7-16(12-15)21-20(23)18-9-2-3-10-19(18)25-13-17-8-5-11-24-17/h2-12H,13H2,1H3,(H,21,23). The third-order valence-electron chi connectivity index (χ3n) is 3.61. The number of benzene rings is 2. The molecule has 1 aromatic heterocycles. The monoisotopic (exact) mass is 367 g/mol. The molecule has 1 amide bonds. The first-order valence-electron chi connectivity index (χ1n) is 7.80. The summed E-state index contributed by atoms with van der Waals surface area (Å²) >= 11 is 3.36. The summed E-state index contributed by atoms with van der Waals surface area (Å²) in [5.74, 6) is 0.639. The Morgan fingerprint density at radius 2 is 1.88 bits per heavy atom. The largest absolute Gasteiger partial charge is 0.322 e. The van der Waals surface area contributed by atoms with Crippen LogP contribution in [0.4, 0.5) is 5.69 Å². The quantitative estimate of drug-likeness (QED) is 0.462. The van der Waals surface area contributed by atoms with E-state index in [1.54, 1.807) is 47.4 Å². The Morgan fingerprint density at radius 1 is 1.04 bits per heavy atom. The van der Waals surface area contributed by atoms with Gasteiger partial charge in [-0.1, -0.05) is 30.3 Å². The average molecular weight is 367 g/mol. The van der Waals surface area contributed by atoms with E-state index in [2.05, 4.69) is 16.8 Å². The number of amides is 1. The molecule has 1 heterocycles. The van der Waals surface area contributed by atoms with Gasteiger partial charge < -0.3 is 5.32 Å². The molecule has 0 bridgehead atoms. The molecule has 3 aromatic rings. The molecule has 126 valence electrons. The lowest BCUT2D eigenvalue weighted by Crippen LogP contribution is -2.13. The summed E-state index contributed by atoms with van der Waals surface area (Å²) in [4.78, 5) is 26.4. The van der Waals surface area contributed by atoms with E-state index in [0.29, 0.717) is 16.8 Å². The molecular weight excluding hydrogens is 350 g/mol. The summed E-state index contributed by atoms with van der Waals surface area (Å²) in [5, 5.41) is 4.94. The van der Waals surface area contributed by atoms with Crippen LogP contribution in [0.3, 0.4) is 0 Å². The van der Waals surface area contributed by atoms with Gasteiger partial charge in [-0.05, 0) is 42.6 Å². The van der Waals surface area contributed by atoms with Crippen molar-refractivity contribution in [3.8, 4) is 0 Å². The molecule has 0 atom stereocenters. The highest BCUT2D eigenvalue weighted by Gasteiger charge is 2.12. The van der Waals surface area contributed by atoms with Crippen LogP contribution in [-0.4, -0.2) is 11.7 Å². The molecule has 5 heteroatoms. The van der Waals surface area contributed by atoms with Crippen molar-refractivity contribution in [2.24, 2.45) is 0 Å². The van der Waals surface area contributed by atoms with Crippen molar-refractivity contribution in [3.05, 3.63) is 82.0 Å². The number of hydrogen-bond acceptors (Lipinski definition) is 4. The van der Waals surface area contributed by atoms with Gasteiger partial charge in [0.15, 0.2) is 5.78 Å². The highest BCUT2D eigenvalue weighted by atomic mass is 32.2. The predicted octanol–water partition coefficient (Wildman–Crippen LogP) is 5.50. The van der Waals surface area contributed by atoms with Crippen molar-refractivity contribution in [2.45, 2.75) is 17.6 Å². The van der Waals surface area contributed by atoms with Gasteiger partial charge in [0.05, 0.1) is 5.56 Å². The maximum Gasteiger partial charge on any atom is 0.256 e. The van der Waals surface area contributed by atoms with E-state index >= 15 is 0 Å². The highest BCUT2D eigenvalue weighted by Crippen LogP contribution is 2.28. The summed E-state index contributed by atoms with van der Waals surface area (Å²) in [7, 11) is 0. The molecule has 2 aromatic carbocycles. The molecule has 0 radical (unpaired) electrons. The molecule has 0 saturated carbocycles. The van der Waals surface area contributed by atoms with Crippen LogP contribution in [0.1, 0.15) is 32.5 Å². The SMILES string of the molecule is CC(=O)c1cccc(NC(=O)c2ccccc2SCc2cccs2)c1. The van der Waals surface area contributed by atoms with Crippen LogP contribution in [0.25, 0.3) is 0 Å². The molecule has 3 nitrogen and oxygen atoms in total. The fraction of sp³-hybridized carbons (Fsp3) is 0.100. The lowest BCUT2D eigenvalue weighted by atomic mass is 10.1. The summed E-state index contributed by atoms with van der Waals surface area (Å²) < 4.78 is 0. The molecule has 0 aliphatic rings. The minimum Gasteiger partial charge on any atom is -0.322 e. The molecule has 0 aliphatic carbocycles. The van der Waals surface area contributed by atoms with E-state index in [1.165, 1.54) is 11.8 Å². The summed E-state index contributed by atoms with van der Waals surface area (Å²) in [5.41, 5.74) is 1.84. The molecule has 0 saturated heterocycles. The Morgan fingerprint density at radius 3 is 2.64 bits per heavy atom. The van der Waals surface area contributed by atoms with Gasteiger partial charge in [-0.15, -0.1) is 23.1 Å². The number of anilines is 1. The fourth-order valence-electron chi connectivity index (χ4n) is 2.34. The highest BCUT2D eigenvalue weighted by molar-refractivity contribution is 7.98. The van der Waals surface area contributed by atoms with Crippen LogP contribution in [0.2, 0.25) is 0 Å². The van der Waals surface area contributed by atoms with Crippen LogP contribution in [0, 0.1) is 0 Å². The van der Waals surface area contributed by atoms with Crippen LogP contribution in [0.15, 0.2) is 70.9 Å². The number of ketones is 1. The first-order valence-corrected chi connectivity index (χ1v) is 9.66. The van der Waals surface area contributed by atoms with Crippen molar-refractivity contribution in [1.29, 1.82) is 0 Å². The van der Waals surface area contributed by atoms with Crippen molar-refractivity contribution < 1.29 is 9.59 Å². The lowest BCUT2D eigenvalue weighted by Gasteiger charge is -2.10. The predicted molar refractivity (Wildman–Crippen MR) is 105 cm³/mol. The van der Waals surface area contributed by atoms with Gasteiger partial charge in [0.25, 0.3) is 5.91 Å². The molecule has 0 fully saturated rings. The smallest absolute Gasteiger partial charge is 0.256 e. The molecule has 1 N–H and O–H groups in total. The third kappa shape index (κ3) is 4.59. The Bertz CT molecular complexity index is 888. The van der Waals surface area contributed by atoms with Crippen molar-refractivity contribution >= 4 is 40.5 Å². The zero-order chi connectivity index (χ0) is 17.6. The fourth-order valence-corrected chi connectivity index (χ4v) is 4.16. The second-order valence-electron chi connectivity index (χ2n) is 5.46. The van der Waals surface area contributed by atoms with Crippen molar-refractivity contribution in [2.75, 3.05) is 5.32 Å².